The molecule has 5 rings (SSSR count). The van der Waals surface area contributed by atoms with Crippen LogP contribution in [0.25, 0.3) is 11.2 Å². The predicted octanol–water partition coefficient (Wildman–Crippen LogP) is 4.03. The first-order chi connectivity index (χ1) is 13.2. The van der Waals surface area contributed by atoms with Crippen LogP contribution in [-0.2, 0) is 6.54 Å². The van der Waals surface area contributed by atoms with Crippen LogP contribution in [-0.4, -0.2) is 39.7 Å². The Hall–Kier alpha value is -2.31. The van der Waals surface area contributed by atoms with Crippen molar-refractivity contribution in [1.82, 2.24) is 19.9 Å². The molecule has 0 amide bonds. The molecule has 4 heterocycles. The Balaban J connectivity index is 1.26. The molecule has 2 aromatic heterocycles. The number of rotatable bonds is 3. The molecule has 27 heavy (non-hydrogen) atoms. The lowest BCUT2D eigenvalue weighted by Gasteiger charge is -2.31. The molecule has 0 unspecified atom stereocenters. The number of aryl methyl sites for hydroxylation is 1. The maximum Gasteiger partial charge on any atom is 0.231 e. The molecule has 1 N–H and O–H groups in total. The van der Waals surface area contributed by atoms with Gasteiger partial charge in [0.05, 0.1) is 5.69 Å². The van der Waals surface area contributed by atoms with Gasteiger partial charge in [0, 0.05) is 35.4 Å². The first kappa shape index (κ1) is 16.8. The minimum absolute atomic E-state index is 0.272. The van der Waals surface area contributed by atoms with Gasteiger partial charge in [0.2, 0.25) is 6.79 Å². The number of fused-ring (bicyclic) bond motifs is 2. The molecule has 0 radical (unpaired) electrons. The monoisotopic (exact) mass is 384 g/mol. The lowest BCUT2D eigenvalue weighted by Crippen LogP contribution is -2.32. The summed E-state index contributed by atoms with van der Waals surface area (Å²) in [5.41, 5.74) is 5.11. The summed E-state index contributed by atoms with van der Waals surface area (Å²) in [6, 6.07) is 6.02. The fourth-order valence-corrected chi connectivity index (χ4v) is 4.16. The van der Waals surface area contributed by atoms with E-state index in [0.29, 0.717) is 5.92 Å². The average Bonchev–Trinajstić information content (AvgIpc) is 3.28. The van der Waals surface area contributed by atoms with Gasteiger partial charge in [-0.25, -0.2) is 4.98 Å². The van der Waals surface area contributed by atoms with Gasteiger partial charge in [-0.15, -0.1) is 0 Å². The van der Waals surface area contributed by atoms with Crippen molar-refractivity contribution in [2.45, 2.75) is 32.2 Å². The number of nitrogens with one attached hydrogen (secondary N) is 1. The zero-order chi connectivity index (χ0) is 18.4. The third kappa shape index (κ3) is 3.24. The quantitative estimate of drug-likeness (QED) is 0.738. The van der Waals surface area contributed by atoms with Gasteiger partial charge in [-0.05, 0) is 50.6 Å². The van der Waals surface area contributed by atoms with Gasteiger partial charge in [0.1, 0.15) is 5.52 Å². The van der Waals surface area contributed by atoms with Crippen LogP contribution >= 0.6 is 11.6 Å². The normalized spacial score (nSPS) is 17.7. The fourth-order valence-electron chi connectivity index (χ4n) is 3.95. The lowest BCUT2D eigenvalue weighted by molar-refractivity contribution is 0.173. The van der Waals surface area contributed by atoms with Crippen LogP contribution in [0.15, 0.2) is 24.4 Å². The van der Waals surface area contributed by atoms with Gasteiger partial charge >= 0.3 is 0 Å². The van der Waals surface area contributed by atoms with E-state index in [1.807, 2.05) is 25.3 Å². The van der Waals surface area contributed by atoms with E-state index < -0.39 is 0 Å². The van der Waals surface area contributed by atoms with Crippen LogP contribution in [0, 0.1) is 6.92 Å². The summed E-state index contributed by atoms with van der Waals surface area (Å²) >= 11 is 6.43. The molecule has 3 aromatic rings. The van der Waals surface area contributed by atoms with Gasteiger partial charge in [0.25, 0.3) is 0 Å². The number of H-pyrrole nitrogens is 1. The summed E-state index contributed by atoms with van der Waals surface area (Å²) in [4.78, 5) is 14.9. The topological polar surface area (TPSA) is 63.3 Å². The molecule has 0 bridgehead atoms. The zero-order valence-electron chi connectivity index (χ0n) is 15.2. The Bertz CT molecular complexity index is 995. The zero-order valence-corrected chi connectivity index (χ0v) is 15.9. The molecule has 7 heteroatoms. The number of likely N-dealkylation sites (tertiary alicyclic amines) is 1. The van der Waals surface area contributed by atoms with E-state index in [0.717, 1.165) is 71.4 Å². The number of benzene rings is 1. The first-order valence-electron chi connectivity index (χ1n) is 9.28. The van der Waals surface area contributed by atoms with E-state index >= 15 is 0 Å². The number of halogens is 1. The van der Waals surface area contributed by atoms with Crippen LogP contribution in [0.5, 0.6) is 11.5 Å². The Morgan fingerprint density at radius 1 is 1.19 bits per heavy atom. The van der Waals surface area contributed by atoms with Crippen LogP contribution in [0.3, 0.4) is 0 Å². The van der Waals surface area contributed by atoms with E-state index in [4.69, 9.17) is 21.1 Å². The van der Waals surface area contributed by atoms with Crippen molar-refractivity contribution in [3.63, 3.8) is 0 Å². The second-order valence-corrected chi connectivity index (χ2v) is 7.72. The maximum absolute atomic E-state index is 6.43. The fraction of sp³-hybridized carbons (Fsp3) is 0.400. The Morgan fingerprint density at radius 3 is 2.78 bits per heavy atom. The van der Waals surface area contributed by atoms with Crippen molar-refractivity contribution >= 4 is 22.8 Å². The molecule has 2 aliphatic rings. The maximum atomic E-state index is 6.43. The molecule has 6 nitrogen and oxygen atoms in total. The van der Waals surface area contributed by atoms with Crippen molar-refractivity contribution < 1.29 is 9.47 Å². The molecule has 1 aromatic carbocycles. The molecule has 0 saturated carbocycles. The van der Waals surface area contributed by atoms with Crippen molar-refractivity contribution in [3.05, 3.63) is 46.4 Å². The van der Waals surface area contributed by atoms with Crippen molar-refractivity contribution in [2.75, 3.05) is 19.9 Å². The SMILES string of the molecule is Cc1cnc2cc(C3CCN(Cc4cc5c(cc4Cl)OCO5)CC3)[nH]c2n1. The minimum Gasteiger partial charge on any atom is -0.454 e. The van der Waals surface area contributed by atoms with Gasteiger partial charge in [-0.2, -0.15) is 0 Å². The van der Waals surface area contributed by atoms with Crippen LogP contribution in [0.4, 0.5) is 0 Å². The highest BCUT2D eigenvalue weighted by molar-refractivity contribution is 6.31. The van der Waals surface area contributed by atoms with Crippen molar-refractivity contribution in [2.24, 2.45) is 0 Å². The van der Waals surface area contributed by atoms with E-state index in [1.165, 1.54) is 5.69 Å². The summed E-state index contributed by atoms with van der Waals surface area (Å²) in [5, 5.41) is 0.740. The van der Waals surface area contributed by atoms with Crippen molar-refractivity contribution in [1.29, 1.82) is 0 Å². The Morgan fingerprint density at radius 2 is 1.96 bits per heavy atom. The highest BCUT2D eigenvalue weighted by Gasteiger charge is 2.24. The molecular formula is C20H21ClN4O2. The number of piperidine rings is 1. The van der Waals surface area contributed by atoms with Gasteiger partial charge in [-0.3, -0.25) is 9.88 Å². The summed E-state index contributed by atoms with van der Waals surface area (Å²) in [5.74, 6) is 2.04. The summed E-state index contributed by atoms with van der Waals surface area (Å²) in [6.45, 7) is 5.13. The number of ether oxygens (including phenoxy) is 2. The second kappa shape index (κ2) is 6.69. The van der Waals surface area contributed by atoms with E-state index in [2.05, 4.69) is 25.9 Å². The van der Waals surface area contributed by atoms with E-state index in [-0.39, 0.29) is 6.79 Å². The van der Waals surface area contributed by atoms with Crippen molar-refractivity contribution in [3.8, 4) is 11.5 Å². The van der Waals surface area contributed by atoms with Crippen LogP contribution in [0.2, 0.25) is 5.02 Å². The molecule has 140 valence electrons. The van der Waals surface area contributed by atoms with Crippen LogP contribution < -0.4 is 9.47 Å². The van der Waals surface area contributed by atoms with Gasteiger partial charge in [-0.1, -0.05) is 11.6 Å². The minimum atomic E-state index is 0.272. The smallest absolute Gasteiger partial charge is 0.231 e. The Labute approximate surface area is 162 Å². The standard InChI is InChI=1S/C20H21ClN4O2/c1-12-9-22-17-8-16(24-20(17)23-12)13-2-4-25(5-3-13)10-14-6-18-19(7-15(14)21)27-11-26-18/h6-9,13H,2-5,10-11H2,1H3,(H,23,24). The number of aromatic amines is 1. The number of hydrogen-bond donors (Lipinski definition) is 1. The summed E-state index contributed by atoms with van der Waals surface area (Å²) in [6.07, 6.45) is 4.03. The Kier molecular flexibility index (Phi) is 4.17. The lowest BCUT2D eigenvalue weighted by atomic mass is 9.93. The number of aromatic nitrogens is 3. The third-order valence-electron chi connectivity index (χ3n) is 5.44. The number of hydrogen-bond acceptors (Lipinski definition) is 5. The van der Waals surface area contributed by atoms with E-state index in [9.17, 15) is 0 Å². The molecule has 2 aliphatic heterocycles. The van der Waals surface area contributed by atoms with Gasteiger partial charge < -0.3 is 14.5 Å². The molecular weight excluding hydrogens is 364 g/mol. The third-order valence-corrected chi connectivity index (χ3v) is 5.79. The van der Waals surface area contributed by atoms with E-state index in [1.54, 1.807) is 0 Å². The molecule has 1 saturated heterocycles. The summed E-state index contributed by atoms with van der Waals surface area (Å²) < 4.78 is 10.9. The highest BCUT2D eigenvalue weighted by Crippen LogP contribution is 2.38. The molecule has 0 spiro atoms. The molecule has 1 fully saturated rings. The molecule has 0 aliphatic carbocycles. The first-order valence-corrected chi connectivity index (χ1v) is 9.66. The second-order valence-electron chi connectivity index (χ2n) is 7.32. The van der Waals surface area contributed by atoms with Crippen LogP contribution in [0.1, 0.15) is 35.7 Å². The molecule has 0 atom stereocenters. The number of nitrogens with zero attached hydrogens (tertiary/aromatic N) is 3. The highest BCUT2D eigenvalue weighted by atomic mass is 35.5. The largest absolute Gasteiger partial charge is 0.454 e. The average molecular weight is 385 g/mol. The van der Waals surface area contributed by atoms with Gasteiger partial charge in [0.15, 0.2) is 17.1 Å². The summed E-state index contributed by atoms with van der Waals surface area (Å²) in [7, 11) is 0. The predicted molar refractivity (Wildman–Crippen MR) is 103 cm³/mol.